The predicted molar refractivity (Wildman–Crippen MR) is 83.6 cm³/mol. The smallest absolute Gasteiger partial charge is 0.146 e. The lowest BCUT2D eigenvalue weighted by Gasteiger charge is -2.28. The highest BCUT2D eigenvalue weighted by Crippen LogP contribution is 2.27. The summed E-state index contributed by atoms with van der Waals surface area (Å²) >= 11 is 0. The van der Waals surface area contributed by atoms with Gasteiger partial charge in [0.25, 0.3) is 0 Å². The summed E-state index contributed by atoms with van der Waals surface area (Å²) in [5.74, 6) is 0.945. The average Bonchev–Trinajstić information content (AvgIpc) is 3.16. The lowest BCUT2D eigenvalue weighted by atomic mass is 10.1. The number of hydrogen-bond acceptors (Lipinski definition) is 3. The van der Waals surface area contributed by atoms with Gasteiger partial charge in [0.15, 0.2) is 0 Å². The van der Waals surface area contributed by atoms with Gasteiger partial charge in [-0.2, -0.15) is 0 Å². The Morgan fingerprint density at radius 3 is 2.57 bits per heavy atom. The van der Waals surface area contributed by atoms with Crippen LogP contribution in [-0.2, 0) is 20.1 Å². The summed E-state index contributed by atoms with van der Waals surface area (Å²) in [7, 11) is 1.93. The molecule has 0 radical (unpaired) electrons. The fourth-order valence-corrected chi connectivity index (χ4v) is 3.24. The molecule has 2 aromatic rings. The van der Waals surface area contributed by atoms with E-state index in [2.05, 4.69) is 15.1 Å². The normalized spacial score (nSPS) is 15.7. The van der Waals surface area contributed by atoms with Crippen molar-refractivity contribution >= 4 is 0 Å². The number of halogens is 2. The Kier molecular flexibility index (Phi) is 4.71. The van der Waals surface area contributed by atoms with E-state index in [4.69, 9.17) is 0 Å². The second-order valence-corrected chi connectivity index (χ2v) is 6.30. The van der Waals surface area contributed by atoms with Gasteiger partial charge < -0.3 is 4.57 Å². The van der Waals surface area contributed by atoms with Crippen LogP contribution < -0.4 is 0 Å². The van der Waals surface area contributed by atoms with E-state index in [0.717, 1.165) is 30.6 Å². The molecule has 4 nitrogen and oxygen atoms in total. The minimum atomic E-state index is -0.401. The molecule has 0 saturated heterocycles. The molecule has 0 N–H and O–H groups in total. The van der Waals surface area contributed by atoms with Gasteiger partial charge in [-0.25, -0.2) is 8.78 Å². The molecule has 0 bridgehead atoms. The Labute approximate surface area is 135 Å². The SMILES string of the molecule is Cc1nnc(CN(Cc2cc(F)ccc2F)C2CCCC2)n1C. The van der Waals surface area contributed by atoms with Gasteiger partial charge in [-0.1, -0.05) is 12.8 Å². The second-order valence-electron chi connectivity index (χ2n) is 6.30. The third-order valence-corrected chi connectivity index (χ3v) is 4.75. The fraction of sp³-hybridized carbons (Fsp3) is 0.529. The topological polar surface area (TPSA) is 34.0 Å². The first-order chi connectivity index (χ1) is 11.0. The maximum Gasteiger partial charge on any atom is 0.146 e. The van der Waals surface area contributed by atoms with E-state index in [1.807, 2.05) is 18.5 Å². The van der Waals surface area contributed by atoms with E-state index in [-0.39, 0.29) is 5.82 Å². The van der Waals surface area contributed by atoms with Crippen molar-refractivity contribution in [3.8, 4) is 0 Å². The predicted octanol–water partition coefficient (Wildman–Crippen LogP) is 3.35. The summed E-state index contributed by atoms with van der Waals surface area (Å²) in [4.78, 5) is 2.20. The first-order valence-corrected chi connectivity index (χ1v) is 8.07. The second kappa shape index (κ2) is 6.74. The van der Waals surface area contributed by atoms with Crippen LogP contribution in [0.15, 0.2) is 18.2 Å². The largest absolute Gasteiger partial charge is 0.317 e. The molecule has 1 saturated carbocycles. The summed E-state index contributed by atoms with van der Waals surface area (Å²) < 4.78 is 29.4. The lowest BCUT2D eigenvalue weighted by Crippen LogP contribution is -2.33. The van der Waals surface area contributed by atoms with Crippen molar-refractivity contribution in [2.45, 2.75) is 51.7 Å². The Hall–Kier alpha value is -1.82. The van der Waals surface area contributed by atoms with Crippen molar-refractivity contribution in [1.29, 1.82) is 0 Å². The molecule has 1 fully saturated rings. The van der Waals surface area contributed by atoms with E-state index in [1.54, 1.807) is 0 Å². The van der Waals surface area contributed by atoms with E-state index in [0.29, 0.717) is 24.7 Å². The maximum atomic E-state index is 14.0. The number of benzene rings is 1. The first kappa shape index (κ1) is 16.1. The van der Waals surface area contributed by atoms with E-state index >= 15 is 0 Å². The summed E-state index contributed by atoms with van der Waals surface area (Å²) in [6, 6.07) is 4.03. The van der Waals surface area contributed by atoms with Crippen molar-refractivity contribution in [2.75, 3.05) is 0 Å². The molecule has 1 aromatic heterocycles. The molecule has 3 rings (SSSR count). The minimum Gasteiger partial charge on any atom is -0.317 e. The van der Waals surface area contributed by atoms with Crippen molar-refractivity contribution in [2.24, 2.45) is 7.05 Å². The summed E-state index contributed by atoms with van der Waals surface area (Å²) in [6.07, 6.45) is 4.55. The summed E-state index contributed by atoms with van der Waals surface area (Å²) in [5, 5.41) is 8.30. The number of aryl methyl sites for hydroxylation is 1. The molecule has 23 heavy (non-hydrogen) atoms. The number of rotatable bonds is 5. The number of nitrogens with zero attached hydrogens (tertiary/aromatic N) is 4. The van der Waals surface area contributed by atoms with E-state index in [9.17, 15) is 8.78 Å². The van der Waals surface area contributed by atoms with Gasteiger partial charge in [0.1, 0.15) is 23.3 Å². The van der Waals surface area contributed by atoms with Crippen LogP contribution in [0.3, 0.4) is 0 Å². The van der Waals surface area contributed by atoms with Crippen LogP contribution in [0.2, 0.25) is 0 Å². The third-order valence-electron chi connectivity index (χ3n) is 4.75. The molecule has 1 aromatic carbocycles. The zero-order chi connectivity index (χ0) is 16.4. The molecular weight excluding hydrogens is 298 g/mol. The van der Waals surface area contributed by atoms with E-state index < -0.39 is 5.82 Å². The Bertz CT molecular complexity index is 677. The van der Waals surface area contributed by atoms with Gasteiger partial charge in [0, 0.05) is 25.2 Å². The van der Waals surface area contributed by atoms with Crippen LogP contribution >= 0.6 is 0 Å². The first-order valence-electron chi connectivity index (χ1n) is 8.07. The summed E-state index contributed by atoms with van der Waals surface area (Å²) in [5.41, 5.74) is 0.399. The highest BCUT2D eigenvalue weighted by atomic mass is 19.1. The zero-order valence-corrected chi connectivity index (χ0v) is 13.6. The fourth-order valence-electron chi connectivity index (χ4n) is 3.24. The Balaban J connectivity index is 1.83. The molecule has 0 spiro atoms. The highest BCUT2D eigenvalue weighted by Gasteiger charge is 2.25. The molecule has 0 atom stereocenters. The number of aromatic nitrogens is 3. The van der Waals surface area contributed by atoms with Gasteiger partial charge in [-0.15, -0.1) is 10.2 Å². The molecule has 6 heteroatoms. The Morgan fingerprint density at radius 2 is 1.91 bits per heavy atom. The van der Waals surface area contributed by atoms with Crippen LogP contribution in [0.25, 0.3) is 0 Å². The van der Waals surface area contributed by atoms with Crippen molar-refractivity contribution < 1.29 is 8.78 Å². The van der Waals surface area contributed by atoms with Crippen molar-refractivity contribution in [3.63, 3.8) is 0 Å². The molecule has 124 valence electrons. The van der Waals surface area contributed by atoms with Gasteiger partial charge in [0.2, 0.25) is 0 Å². The quantitative estimate of drug-likeness (QED) is 0.847. The molecule has 1 aliphatic rings. The van der Waals surface area contributed by atoms with Crippen LogP contribution in [0.1, 0.15) is 42.9 Å². The van der Waals surface area contributed by atoms with Gasteiger partial charge in [-0.05, 0) is 38.0 Å². The molecule has 1 aliphatic carbocycles. The molecule has 0 aliphatic heterocycles. The molecule has 0 unspecified atom stereocenters. The van der Waals surface area contributed by atoms with Crippen LogP contribution in [0.5, 0.6) is 0 Å². The van der Waals surface area contributed by atoms with Gasteiger partial charge >= 0.3 is 0 Å². The number of hydrogen-bond donors (Lipinski definition) is 0. The maximum absolute atomic E-state index is 14.0. The standard InChI is InChI=1S/C17H22F2N4/c1-12-20-21-17(22(12)2)11-23(15-5-3-4-6-15)10-13-9-14(18)7-8-16(13)19/h7-9,15H,3-6,10-11H2,1-2H3. The monoisotopic (exact) mass is 320 g/mol. The van der Waals surface area contributed by atoms with Crippen LogP contribution in [0.4, 0.5) is 8.78 Å². The molecular formula is C17H22F2N4. The van der Waals surface area contributed by atoms with Crippen molar-refractivity contribution in [3.05, 3.63) is 47.0 Å². The molecule has 0 amide bonds. The van der Waals surface area contributed by atoms with Crippen LogP contribution in [0, 0.1) is 18.6 Å². The lowest BCUT2D eigenvalue weighted by molar-refractivity contribution is 0.171. The molecule has 1 heterocycles. The van der Waals surface area contributed by atoms with Crippen molar-refractivity contribution in [1.82, 2.24) is 19.7 Å². The summed E-state index contributed by atoms with van der Waals surface area (Å²) in [6.45, 7) is 2.89. The average molecular weight is 320 g/mol. The third kappa shape index (κ3) is 3.58. The van der Waals surface area contributed by atoms with Crippen LogP contribution in [-0.4, -0.2) is 25.7 Å². The minimum absolute atomic E-state index is 0.358. The van der Waals surface area contributed by atoms with Gasteiger partial charge in [0.05, 0.1) is 6.54 Å². The van der Waals surface area contributed by atoms with E-state index in [1.165, 1.54) is 25.0 Å². The van der Waals surface area contributed by atoms with Gasteiger partial charge in [-0.3, -0.25) is 4.90 Å². The Morgan fingerprint density at radius 1 is 1.17 bits per heavy atom. The zero-order valence-electron chi connectivity index (χ0n) is 13.6. The highest BCUT2D eigenvalue weighted by molar-refractivity contribution is 5.19.